The lowest BCUT2D eigenvalue weighted by molar-refractivity contribution is -0.140. The first-order chi connectivity index (χ1) is 15.7. The molecule has 2 N–H and O–H groups in total. The summed E-state index contributed by atoms with van der Waals surface area (Å²) in [5.41, 5.74) is 0.0381. The summed E-state index contributed by atoms with van der Waals surface area (Å²) in [6, 6.07) is 4.59. The zero-order valence-corrected chi connectivity index (χ0v) is 18.4. The smallest absolute Gasteiger partial charge is 0.367 e. The Morgan fingerprint density at radius 1 is 1.21 bits per heavy atom. The van der Waals surface area contributed by atoms with Gasteiger partial charge in [-0.25, -0.2) is 14.4 Å². The van der Waals surface area contributed by atoms with Crippen LogP contribution in [0.2, 0.25) is 0 Å². The molecule has 5 rings (SSSR count). The minimum atomic E-state index is -4.76. The predicted molar refractivity (Wildman–Crippen MR) is 115 cm³/mol. The fourth-order valence-electron chi connectivity index (χ4n) is 4.97. The number of nitrogens with zero attached hydrogens (tertiary/aromatic N) is 3. The summed E-state index contributed by atoms with van der Waals surface area (Å²) < 4.78 is 62.7. The lowest BCUT2D eigenvalue weighted by Crippen LogP contribution is -2.46. The Kier molecular flexibility index (Phi) is 5.32. The van der Waals surface area contributed by atoms with Gasteiger partial charge in [-0.05, 0) is 51.9 Å². The van der Waals surface area contributed by atoms with Crippen LogP contribution in [0.15, 0.2) is 24.3 Å². The maximum Gasteiger partial charge on any atom is 0.419 e. The number of fused-ring (bicyclic) bond motifs is 4. The first kappa shape index (κ1) is 22.1. The fourth-order valence-corrected chi connectivity index (χ4v) is 4.97. The number of halogens is 4. The Bertz CT molecular complexity index is 1200. The summed E-state index contributed by atoms with van der Waals surface area (Å²) in [5, 5.41) is 7.25. The second kappa shape index (κ2) is 7.95. The largest absolute Gasteiger partial charge is 0.419 e. The van der Waals surface area contributed by atoms with Gasteiger partial charge in [0, 0.05) is 12.1 Å². The van der Waals surface area contributed by atoms with Crippen molar-refractivity contribution in [3.05, 3.63) is 52.7 Å². The van der Waals surface area contributed by atoms with Gasteiger partial charge < -0.3 is 19.9 Å². The fraction of sp³-hybridized carbons (Fsp3) is 0.478. The van der Waals surface area contributed by atoms with E-state index in [0.717, 1.165) is 48.7 Å². The van der Waals surface area contributed by atoms with E-state index in [1.165, 1.54) is 12.1 Å². The van der Waals surface area contributed by atoms with Crippen molar-refractivity contribution in [3.63, 3.8) is 0 Å². The number of ether oxygens (including phenoxy) is 1. The third kappa shape index (κ3) is 3.74. The van der Waals surface area contributed by atoms with Gasteiger partial charge >= 0.3 is 6.18 Å². The van der Waals surface area contributed by atoms with Crippen LogP contribution >= 0.6 is 0 Å². The highest BCUT2D eigenvalue weighted by Crippen LogP contribution is 2.42. The zero-order valence-electron chi connectivity index (χ0n) is 18.4. The second-order valence-corrected chi connectivity index (χ2v) is 8.70. The number of aryl methyl sites for hydroxylation is 1. The maximum atomic E-state index is 14.7. The van der Waals surface area contributed by atoms with Gasteiger partial charge in [0.2, 0.25) is 0 Å². The van der Waals surface area contributed by atoms with E-state index in [4.69, 9.17) is 4.74 Å². The van der Waals surface area contributed by atoms with Gasteiger partial charge in [-0.3, -0.25) is 0 Å². The molecule has 1 fully saturated rings. The van der Waals surface area contributed by atoms with Crippen molar-refractivity contribution in [2.75, 3.05) is 25.0 Å². The van der Waals surface area contributed by atoms with Crippen LogP contribution in [0.1, 0.15) is 48.5 Å². The minimum Gasteiger partial charge on any atom is -0.367 e. The van der Waals surface area contributed by atoms with E-state index in [1.54, 1.807) is 13.8 Å². The summed E-state index contributed by atoms with van der Waals surface area (Å²) in [4.78, 5) is 9.16. The van der Waals surface area contributed by atoms with E-state index in [2.05, 4.69) is 25.2 Å². The Morgan fingerprint density at radius 3 is 2.70 bits per heavy atom. The number of aromatic nitrogens is 3. The van der Waals surface area contributed by atoms with Crippen LogP contribution in [0.25, 0.3) is 11.0 Å². The molecule has 0 aliphatic carbocycles. The van der Waals surface area contributed by atoms with Crippen LogP contribution in [0.5, 0.6) is 0 Å². The van der Waals surface area contributed by atoms with Crippen molar-refractivity contribution in [2.45, 2.75) is 51.1 Å². The first-order valence-corrected chi connectivity index (χ1v) is 11.0. The summed E-state index contributed by atoms with van der Waals surface area (Å²) in [7, 11) is 0. The van der Waals surface area contributed by atoms with E-state index < -0.39 is 29.2 Å². The van der Waals surface area contributed by atoms with Crippen molar-refractivity contribution in [1.29, 1.82) is 0 Å². The quantitative estimate of drug-likeness (QED) is 0.553. The summed E-state index contributed by atoms with van der Waals surface area (Å²) in [6.45, 7) is 6.32. The molecule has 1 atom stereocenters. The van der Waals surface area contributed by atoms with E-state index in [1.807, 2.05) is 6.07 Å². The van der Waals surface area contributed by atoms with Gasteiger partial charge in [0.05, 0.1) is 29.3 Å². The third-order valence-electron chi connectivity index (χ3n) is 6.59. The van der Waals surface area contributed by atoms with Crippen LogP contribution in [0.3, 0.4) is 0 Å². The molecule has 6 nitrogen and oxygen atoms in total. The van der Waals surface area contributed by atoms with Gasteiger partial charge in [0.15, 0.2) is 0 Å². The van der Waals surface area contributed by atoms with Crippen molar-refractivity contribution in [1.82, 2.24) is 19.9 Å². The topological polar surface area (TPSA) is 64.0 Å². The monoisotopic (exact) mass is 463 g/mol. The molecule has 1 aromatic carbocycles. The van der Waals surface area contributed by atoms with E-state index >= 15 is 0 Å². The van der Waals surface area contributed by atoms with Gasteiger partial charge in [-0.15, -0.1) is 0 Å². The average Bonchev–Trinajstić information content (AvgIpc) is 3.14. The number of piperidine rings is 1. The van der Waals surface area contributed by atoms with E-state index in [0.29, 0.717) is 24.8 Å². The Labute approximate surface area is 188 Å². The molecule has 0 unspecified atom stereocenters. The van der Waals surface area contributed by atoms with Crippen molar-refractivity contribution in [2.24, 2.45) is 0 Å². The molecule has 2 aliphatic heterocycles. The lowest BCUT2D eigenvalue weighted by atomic mass is 9.87. The molecule has 176 valence electrons. The molecule has 1 saturated heterocycles. The standard InChI is InChI=1S/C23H25F4N5O/c1-13(15-4-3-5-17(19(15)24)23(25,26)27)29-20-16-12-18-22(6-8-28-9-7-22)33-11-10-32(18)21(16)31-14(2)30-20/h3-5,12-13,28H,6-11H2,1-2H3,(H,29,30,31)/t13-/m1/s1. The molecule has 1 spiro atoms. The van der Waals surface area contributed by atoms with Crippen LogP contribution in [0, 0.1) is 12.7 Å². The maximum absolute atomic E-state index is 14.7. The lowest BCUT2D eigenvalue weighted by Gasteiger charge is -2.41. The molecule has 0 amide bonds. The number of hydrogen-bond donors (Lipinski definition) is 2. The SMILES string of the molecule is Cc1nc(N[C@H](C)c2cccc(C(F)(F)F)c2F)c2cc3n(c2n1)CCOC31CCNCC1. The molecule has 2 aliphatic rings. The molecular weight excluding hydrogens is 438 g/mol. The molecular formula is C23H25F4N5O. The van der Waals surface area contributed by atoms with Gasteiger partial charge in [-0.2, -0.15) is 13.2 Å². The van der Waals surface area contributed by atoms with Gasteiger partial charge in [-0.1, -0.05) is 12.1 Å². The molecule has 3 aromatic rings. The molecule has 0 radical (unpaired) electrons. The van der Waals surface area contributed by atoms with Crippen LogP contribution in [0.4, 0.5) is 23.4 Å². The highest BCUT2D eigenvalue weighted by atomic mass is 19.4. The van der Waals surface area contributed by atoms with Gasteiger partial charge in [0.25, 0.3) is 0 Å². The molecule has 10 heteroatoms. The zero-order chi connectivity index (χ0) is 23.4. The number of hydrogen-bond acceptors (Lipinski definition) is 5. The Morgan fingerprint density at radius 2 is 1.97 bits per heavy atom. The van der Waals surface area contributed by atoms with E-state index in [-0.39, 0.29) is 5.56 Å². The number of benzene rings is 1. The molecule has 0 bridgehead atoms. The minimum absolute atomic E-state index is 0.0728. The molecule has 2 aromatic heterocycles. The third-order valence-corrected chi connectivity index (χ3v) is 6.59. The summed E-state index contributed by atoms with van der Waals surface area (Å²) in [5.74, 6) is -0.286. The van der Waals surface area contributed by atoms with Crippen LogP contribution < -0.4 is 10.6 Å². The van der Waals surface area contributed by atoms with Crippen molar-refractivity contribution in [3.8, 4) is 0 Å². The van der Waals surface area contributed by atoms with Gasteiger partial charge in [0.1, 0.15) is 28.7 Å². The first-order valence-electron chi connectivity index (χ1n) is 11.0. The number of nitrogens with one attached hydrogen (secondary N) is 2. The normalized spacial score (nSPS) is 19.0. The highest BCUT2D eigenvalue weighted by molar-refractivity contribution is 5.89. The Hall–Kier alpha value is -2.72. The van der Waals surface area contributed by atoms with Crippen LogP contribution in [-0.4, -0.2) is 34.2 Å². The molecule has 4 heterocycles. The van der Waals surface area contributed by atoms with E-state index in [9.17, 15) is 17.6 Å². The number of alkyl halides is 3. The average molecular weight is 463 g/mol. The summed E-state index contributed by atoms with van der Waals surface area (Å²) in [6.07, 6.45) is -3.09. The van der Waals surface area contributed by atoms with Crippen molar-refractivity contribution >= 4 is 16.9 Å². The molecule has 33 heavy (non-hydrogen) atoms. The molecule has 0 saturated carbocycles. The summed E-state index contributed by atoms with van der Waals surface area (Å²) >= 11 is 0. The second-order valence-electron chi connectivity index (χ2n) is 8.70. The van der Waals surface area contributed by atoms with Crippen molar-refractivity contribution < 1.29 is 22.3 Å². The van der Waals surface area contributed by atoms with Crippen LogP contribution in [-0.2, 0) is 23.1 Å². The predicted octanol–water partition coefficient (Wildman–Crippen LogP) is 4.68. The number of anilines is 1. The highest BCUT2D eigenvalue weighted by Gasteiger charge is 2.41. The Balaban J connectivity index is 1.56. The number of rotatable bonds is 3.